The molecule has 2 aromatic rings. The van der Waals surface area contributed by atoms with Crippen molar-refractivity contribution in [3.8, 4) is 0 Å². The predicted octanol–water partition coefficient (Wildman–Crippen LogP) is 4.05. The smallest absolute Gasteiger partial charge is 0.335 e. The second-order valence-corrected chi connectivity index (χ2v) is 7.60. The van der Waals surface area contributed by atoms with Gasteiger partial charge < -0.3 is 25.0 Å². The van der Waals surface area contributed by atoms with E-state index < -0.39 is 5.97 Å². The monoisotopic (exact) mass is 444 g/mol. The Balaban J connectivity index is 1.67. The molecule has 1 fully saturated rings. The molecule has 1 saturated heterocycles. The van der Waals surface area contributed by atoms with E-state index in [1.807, 2.05) is 31.2 Å². The summed E-state index contributed by atoms with van der Waals surface area (Å²) in [5.41, 5.74) is 2.12. The van der Waals surface area contributed by atoms with Gasteiger partial charge in [-0.15, -0.1) is 0 Å². The average Bonchev–Trinajstić information content (AvgIpc) is 2.79. The van der Waals surface area contributed by atoms with E-state index in [2.05, 4.69) is 15.1 Å². The number of carboxylic acid groups (broad SMARTS) is 1. The largest absolute Gasteiger partial charge is 0.478 e. The molecule has 0 radical (unpaired) electrons. The zero-order valence-corrected chi connectivity index (χ0v) is 18.5. The zero-order chi connectivity index (χ0) is 22.1. The molecule has 1 aliphatic rings. The van der Waals surface area contributed by atoms with E-state index >= 15 is 0 Å². The van der Waals surface area contributed by atoms with Gasteiger partial charge in [0, 0.05) is 51.6 Å². The number of hydrogen-bond acceptors (Lipinski definition) is 4. The van der Waals surface area contributed by atoms with Gasteiger partial charge in [0.05, 0.1) is 16.3 Å². The molecule has 0 saturated carbocycles. The van der Waals surface area contributed by atoms with Gasteiger partial charge in [0.1, 0.15) is 0 Å². The predicted molar refractivity (Wildman–Crippen MR) is 126 cm³/mol. The standard InChI is InChI=1S/C23H29ClN4O3/c1-2-31-17-5-12-25-23(26-19-10-8-18(9-11-19)22(29)30)28-15-13-27(14-16-28)21-7-4-3-6-20(21)24/h3-4,6-11H,2,5,12-17H2,1H3,(H,25,26)(H,29,30). The average molecular weight is 445 g/mol. The topological polar surface area (TPSA) is 77.4 Å². The molecule has 0 aromatic heterocycles. The van der Waals surface area contributed by atoms with Gasteiger partial charge >= 0.3 is 5.97 Å². The summed E-state index contributed by atoms with van der Waals surface area (Å²) in [6.07, 6.45) is 0.844. The third-order valence-electron chi connectivity index (χ3n) is 5.07. The number of nitrogens with one attached hydrogen (secondary N) is 1. The molecule has 1 heterocycles. The molecule has 2 aromatic carbocycles. The van der Waals surface area contributed by atoms with Crippen LogP contribution in [0.15, 0.2) is 53.5 Å². The number of nitrogens with zero attached hydrogens (tertiary/aromatic N) is 3. The van der Waals surface area contributed by atoms with E-state index in [9.17, 15) is 4.79 Å². The number of halogens is 1. The minimum atomic E-state index is -0.938. The van der Waals surface area contributed by atoms with E-state index in [-0.39, 0.29) is 5.56 Å². The van der Waals surface area contributed by atoms with Crippen molar-refractivity contribution >= 4 is 34.9 Å². The van der Waals surface area contributed by atoms with Crippen LogP contribution in [0.4, 0.5) is 11.4 Å². The summed E-state index contributed by atoms with van der Waals surface area (Å²) in [7, 11) is 0. The number of guanidine groups is 1. The van der Waals surface area contributed by atoms with Crippen LogP contribution in [-0.2, 0) is 4.74 Å². The summed E-state index contributed by atoms with van der Waals surface area (Å²) in [6.45, 7) is 7.29. The lowest BCUT2D eigenvalue weighted by molar-refractivity contribution is 0.0697. The fraction of sp³-hybridized carbons (Fsp3) is 0.391. The molecule has 0 aliphatic carbocycles. The van der Waals surface area contributed by atoms with Crippen LogP contribution in [0.3, 0.4) is 0 Å². The third kappa shape index (κ3) is 6.60. The first-order valence-corrected chi connectivity index (χ1v) is 10.9. The molecule has 0 bridgehead atoms. The van der Waals surface area contributed by atoms with Gasteiger partial charge in [0.25, 0.3) is 0 Å². The fourth-order valence-corrected chi connectivity index (χ4v) is 3.66. The normalized spacial score (nSPS) is 14.6. The van der Waals surface area contributed by atoms with Crippen molar-refractivity contribution in [2.45, 2.75) is 13.3 Å². The maximum Gasteiger partial charge on any atom is 0.335 e. The molecule has 8 heteroatoms. The van der Waals surface area contributed by atoms with Crippen LogP contribution in [0, 0.1) is 0 Å². The van der Waals surface area contributed by atoms with Crippen LogP contribution < -0.4 is 10.2 Å². The number of aliphatic imine (C=N–C) groups is 1. The fourth-order valence-electron chi connectivity index (χ4n) is 3.41. The molecule has 0 unspecified atom stereocenters. The Morgan fingerprint density at radius 1 is 1.13 bits per heavy atom. The second kappa shape index (κ2) is 11.6. The summed E-state index contributed by atoms with van der Waals surface area (Å²) in [5, 5.41) is 13.2. The highest BCUT2D eigenvalue weighted by molar-refractivity contribution is 6.33. The number of para-hydroxylation sites is 1. The Hall–Kier alpha value is -2.77. The summed E-state index contributed by atoms with van der Waals surface area (Å²) in [4.78, 5) is 20.4. The SMILES string of the molecule is CCOCCCN=C(Nc1ccc(C(=O)O)cc1)N1CCN(c2ccccc2Cl)CC1. The Labute approximate surface area is 188 Å². The van der Waals surface area contributed by atoms with Crippen molar-refractivity contribution in [2.24, 2.45) is 4.99 Å². The number of rotatable bonds is 8. The number of piperazine rings is 1. The number of carboxylic acids is 1. The maximum atomic E-state index is 11.1. The van der Waals surface area contributed by atoms with Gasteiger partial charge in [-0.3, -0.25) is 4.99 Å². The summed E-state index contributed by atoms with van der Waals surface area (Å²) >= 11 is 6.36. The van der Waals surface area contributed by atoms with E-state index in [1.54, 1.807) is 24.3 Å². The Morgan fingerprint density at radius 3 is 2.48 bits per heavy atom. The molecule has 166 valence electrons. The first kappa shape index (κ1) is 22.9. The number of benzene rings is 2. The van der Waals surface area contributed by atoms with E-state index in [1.165, 1.54) is 0 Å². The van der Waals surface area contributed by atoms with Crippen LogP contribution in [0.25, 0.3) is 0 Å². The first-order chi connectivity index (χ1) is 15.1. The van der Waals surface area contributed by atoms with Gasteiger partial charge in [-0.05, 0) is 49.7 Å². The van der Waals surface area contributed by atoms with E-state index in [0.717, 1.165) is 55.0 Å². The molecule has 7 nitrogen and oxygen atoms in total. The quantitative estimate of drug-likeness (QED) is 0.363. The highest BCUT2D eigenvalue weighted by Gasteiger charge is 2.21. The van der Waals surface area contributed by atoms with Crippen molar-refractivity contribution in [3.63, 3.8) is 0 Å². The van der Waals surface area contributed by atoms with Gasteiger partial charge in [0.2, 0.25) is 0 Å². The Kier molecular flexibility index (Phi) is 8.55. The summed E-state index contributed by atoms with van der Waals surface area (Å²) in [5.74, 6) is -0.148. The van der Waals surface area contributed by atoms with Crippen LogP contribution in [0.2, 0.25) is 5.02 Å². The highest BCUT2D eigenvalue weighted by atomic mass is 35.5. The Morgan fingerprint density at radius 2 is 1.84 bits per heavy atom. The second-order valence-electron chi connectivity index (χ2n) is 7.19. The van der Waals surface area contributed by atoms with Gasteiger partial charge in [-0.2, -0.15) is 0 Å². The molecule has 3 rings (SSSR count). The lowest BCUT2D eigenvalue weighted by atomic mass is 10.2. The molecule has 31 heavy (non-hydrogen) atoms. The van der Waals surface area contributed by atoms with Crippen LogP contribution in [-0.4, -0.2) is 67.9 Å². The highest BCUT2D eigenvalue weighted by Crippen LogP contribution is 2.26. The van der Waals surface area contributed by atoms with Crippen molar-refractivity contribution < 1.29 is 14.6 Å². The third-order valence-corrected chi connectivity index (χ3v) is 5.39. The number of anilines is 2. The van der Waals surface area contributed by atoms with E-state index in [4.69, 9.17) is 26.4 Å². The molecule has 0 spiro atoms. The number of aromatic carboxylic acids is 1. The van der Waals surface area contributed by atoms with Crippen LogP contribution in [0.5, 0.6) is 0 Å². The lowest BCUT2D eigenvalue weighted by Crippen LogP contribution is -2.50. The summed E-state index contributed by atoms with van der Waals surface area (Å²) in [6, 6.07) is 14.6. The Bertz CT molecular complexity index is 881. The molecule has 0 atom stereocenters. The van der Waals surface area contributed by atoms with Crippen LogP contribution >= 0.6 is 11.6 Å². The lowest BCUT2D eigenvalue weighted by Gasteiger charge is -2.38. The van der Waals surface area contributed by atoms with Crippen molar-refractivity contribution in [3.05, 3.63) is 59.1 Å². The molecular formula is C23H29ClN4O3. The number of hydrogen-bond donors (Lipinski definition) is 2. The van der Waals surface area contributed by atoms with Gasteiger partial charge in [0.15, 0.2) is 5.96 Å². The molecule has 2 N–H and O–H groups in total. The summed E-state index contributed by atoms with van der Waals surface area (Å²) < 4.78 is 5.41. The molecular weight excluding hydrogens is 416 g/mol. The zero-order valence-electron chi connectivity index (χ0n) is 17.8. The van der Waals surface area contributed by atoms with Crippen molar-refractivity contribution in [1.82, 2.24) is 4.90 Å². The number of ether oxygens (including phenoxy) is 1. The van der Waals surface area contributed by atoms with Crippen LogP contribution in [0.1, 0.15) is 23.7 Å². The van der Waals surface area contributed by atoms with Crippen molar-refractivity contribution in [1.29, 1.82) is 0 Å². The molecule has 0 amide bonds. The van der Waals surface area contributed by atoms with E-state index in [0.29, 0.717) is 19.8 Å². The first-order valence-electron chi connectivity index (χ1n) is 10.6. The number of carbonyl (C=O) groups is 1. The molecule has 1 aliphatic heterocycles. The maximum absolute atomic E-state index is 11.1. The van der Waals surface area contributed by atoms with Gasteiger partial charge in [-0.25, -0.2) is 4.79 Å². The van der Waals surface area contributed by atoms with Crippen molar-refractivity contribution in [2.75, 3.05) is 56.2 Å². The van der Waals surface area contributed by atoms with Gasteiger partial charge in [-0.1, -0.05) is 23.7 Å². The minimum absolute atomic E-state index is 0.258. The minimum Gasteiger partial charge on any atom is -0.478 e.